The first-order chi connectivity index (χ1) is 30.9. The SMILES string of the molecule is Cc1nc2nc(N[C@@H](C)c3cncc(F)c3)nc(C(=O)N3CC[C@@H](CN)C3)c2s1.Cc1nc2nc(N[C@@H](C)c3cncc(F)c3)nc(C(=O)N3CC[C@@H](CNC(=O)OC(C)(C)C)C3)c2s1. The number of nitrogens with one attached hydrogen (secondary N) is 3. The predicted molar refractivity (Wildman–Crippen MR) is 244 cm³/mol. The quantitative estimate of drug-likeness (QED) is 0.107. The summed E-state index contributed by atoms with van der Waals surface area (Å²) in [5.41, 5.74) is 8.00. The Morgan fingerprint density at radius 2 is 1.22 bits per heavy atom. The van der Waals surface area contributed by atoms with Gasteiger partial charge in [-0.05, 0) is 103 Å². The number of rotatable bonds is 11. The third-order valence-electron chi connectivity index (χ3n) is 10.7. The van der Waals surface area contributed by atoms with Gasteiger partial charge in [0, 0.05) is 45.1 Å². The van der Waals surface area contributed by atoms with Gasteiger partial charge in [0.05, 0.1) is 34.5 Å². The van der Waals surface area contributed by atoms with E-state index in [1.165, 1.54) is 34.8 Å². The van der Waals surface area contributed by atoms with Crippen LogP contribution >= 0.6 is 22.7 Å². The van der Waals surface area contributed by atoms with Gasteiger partial charge in [-0.15, -0.1) is 22.7 Å². The van der Waals surface area contributed by atoms with Crippen LogP contribution in [0.3, 0.4) is 0 Å². The maximum absolute atomic E-state index is 13.6. The molecular formula is C43H52F2N14O4S2. The first-order valence-corrected chi connectivity index (χ1v) is 22.9. The molecule has 18 nitrogen and oxygen atoms in total. The van der Waals surface area contributed by atoms with E-state index in [0.29, 0.717) is 82.7 Å². The van der Waals surface area contributed by atoms with Crippen molar-refractivity contribution in [3.63, 3.8) is 0 Å². The molecule has 0 radical (unpaired) electrons. The van der Waals surface area contributed by atoms with E-state index in [0.717, 1.165) is 35.3 Å². The van der Waals surface area contributed by atoms with E-state index in [-0.39, 0.29) is 47.4 Å². The van der Waals surface area contributed by atoms with Crippen molar-refractivity contribution in [1.82, 2.24) is 55.0 Å². The number of nitrogens with two attached hydrogens (primary N) is 1. The molecule has 0 spiro atoms. The van der Waals surface area contributed by atoms with Crippen molar-refractivity contribution in [3.05, 3.63) is 81.1 Å². The maximum Gasteiger partial charge on any atom is 0.407 e. The van der Waals surface area contributed by atoms with E-state index < -0.39 is 23.3 Å². The summed E-state index contributed by atoms with van der Waals surface area (Å²) in [5, 5.41) is 10.6. The number of thiazole rings is 2. The lowest BCUT2D eigenvalue weighted by atomic mass is 10.1. The van der Waals surface area contributed by atoms with Crippen LogP contribution < -0.4 is 21.7 Å². The van der Waals surface area contributed by atoms with Gasteiger partial charge in [-0.1, -0.05) is 0 Å². The van der Waals surface area contributed by atoms with Gasteiger partial charge in [0.25, 0.3) is 11.8 Å². The summed E-state index contributed by atoms with van der Waals surface area (Å²) in [7, 11) is 0. The lowest BCUT2D eigenvalue weighted by Crippen LogP contribution is -2.36. The zero-order chi connectivity index (χ0) is 46.6. The van der Waals surface area contributed by atoms with Crippen LogP contribution in [0.5, 0.6) is 0 Å². The summed E-state index contributed by atoms with van der Waals surface area (Å²) in [5.74, 6) is -0.269. The Balaban J connectivity index is 0.000000198. The largest absolute Gasteiger partial charge is 0.444 e. The minimum Gasteiger partial charge on any atom is -0.444 e. The highest BCUT2D eigenvalue weighted by molar-refractivity contribution is 7.19. The lowest BCUT2D eigenvalue weighted by molar-refractivity contribution is 0.0519. The molecule has 0 aromatic carbocycles. The van der Waals surface area contributed by atoms with Crippen molar-refractivity contribution < 1.29 is 27.9 Å². The second-order valence-electron chi connectivity index (χ2n) is 17.1. The zero-order valence-electron chi connectivity index (χ0n) is 37.2. The number of likely N-dealkylation sites (tertiary alicyclic amines) is 2. The number of carbonyl (C=O) groups is 3. The van der Waals surface area contributed by atoms with E-state index in [1.54, 1.807) is 22.2 Å². The number of nitrogens with zero attached hydrogens (tertiary/aromatic N) is 10. The minimum atomic E-state index is -0.568. The Morgan fingerprint density at radius 3 is 1.65 bits per heavy atom. The number of hydrogen-bond donors (Lipinski definition) is 4. The van der Waals surface area contributed by atoms with Crippen molar-refractivity contribution in [2.24, 2.45) is 17.6 Å². The van der Waals surface area contributed by atoms with E-state index >= 15 is 0 Å². The van der Waals surface area contributed by atoms with Crippen LogP contribution in [-0.4, -0.2) is 112 Å². The molecule has 0 unspecified atom stereocenters. The van der Waals surface area contributed by atoms with Gasteiger partial charge in [0.2, 0.25) is 11.9 Å². The molecule has 0 aliphatic carbocycles. The number of fused-ring (bicyclic) bond motifs is 2. The predicted octanol–water partition coefficient (Wildman–Crippen LogP) is 6.61. The van der Waals surface area contributed by atoms with Gasteiger partial charge in [0.1, 0.15) is 26.6 Å². The van der Waals surface area contributed by atoms with Gasteiger partial charge in [0.15, 0.2) is 22.7 Å². The van der Waals surface area contributed by atoms with Crippen molar-refractivity contribution in [3.8, 4) is 0 Å². The molecule has 2 saturated heterocycles. The Hall–Kier alpha value is -6.13. The van der Waals surface area contributed by atoms with E-state index in [9.17, 15) is 23.2 Å². The van der Waals surface area contributed by atoms with Crippen LogP contribution in [0.15, 0.2) is 36.9 Å². The number of amides is 3. The number of pyridine rings is 2. The van der Waals surface area contributed by atoms with Gasteiger partial charge in [-0.3, -0.25) is 19.6 Å². The summed E-state index contributed by atoms with van der Waals surface area (Å²) in [6.07, 6.45) is 6.61. The van der Waals surface area contributed by atoms with Crippen LogP contribution in [0.2, 0.25) is 0 Å². The first-order valence-electron chi connectivity index (χ1n) is 21.2. The Bertz CT molecular complexity index is 2690. The van der Waals surface area contributed by atoms with Crippen molar-refractivity contribution in [1.29, 1.82) is 0 Å². The third-order valence-corrected chi connectivity index (χ3v) is 12.6. The smallest absolute Gasteiger partial charge is 0.407 e. The van der Waals surface area contributed by atoms with E-state index in [2.05, 4.69) is 55.8 Å². The molecule has 2 aliphatic rings. The Morgan fingerprint density at radius 1 is 0.754 bits per heavy atom. The molecule has 8 rings (SSSR count). The Labute approximate surface area is 382 Å². The van der Waals surface area contributed by atoms with E-state index in [4.69, 9.17) is 10.5 Å². The van der Waals surface area contributed by atoms with Crippen LogP contribution in [0.4, 0.5) is 25.5 Å². The molecule has 2 aliphatic heterocycles. The molecule has 3 amide bonds. The number of alkyl carbamates (subject to hydrolysis) is 1. The first kappa shape index (κ1) is 46.9. The van der Waals surface area contributed by atoms with Gasteiger partial charge >= 0.3 is 6.09 Å². The second kappa shape index (κ2) is 19.9. The fraction of sp³-hybridized carbons (Fsp3) is 0.465. The molecule has 22 heteroatoms. The molecule has 0 saturated carbocycles. The van der Waals surface area contributed by atoms with E-state index in [1.807, 2.05) is 48.5 Å². The van der Waals surface area contributed by atoms with Crippen LogP contribution in [0.1, 0.15) is 102 Å². The molecule has 344 valence electrons. The summed E-state index contributed by atoms with van der Waals surface area (Å²) in [4.78, 5) is 76.8. The molecule has 8 heterocycles. The number of aromatic nitrogens is 8. The molecule has 5 N–H and O–H groups in total. The highest BCUT2D eigenvalue weighted by Crippen LogP contribution is 2.30. The number of anilines is 2. The van der Waals surface area contributed by atoms with Crippen LogP contribution in [-0.2, 0) is 4.74 Å². The monoisotopic (exact) mass is 930 g/mol. The number of carbonyl (C=O) groups excluding carboxylic acids is 3. The van der Waals surface area contributed by atoms with Gasteiger partial charge in [-0.2, -0.15) is 9.97 Å². The number of halogens is 2. The number of ether oxygens (including phenoxy) is 1. The zero-order valence-corrected chi connectivity index (χ0v) is 38.8. The maximum atomic E-state index is 13.6. The number of hydrogen-bond acceptors (Lipinski definition) is 17. The normalized spacial score (nSPS) is 17.1. The molecule has 4 atom stereocenters. The third kappa shape index (κ3) is 11.8. The molecule has 65 heavy (non-hydrogen) atoms. The molecule has 6 aromatic rings. The molecule has 0 bridgehead atoms. The summed E-state index contributed by atoms with van der Waals surface area (Å²) in [6.45, 7) is 16.2. The lowest BCUT2D eigenvalue weighted by Gasteiger charge is -2.21. The van der Waals surface area contributed by atoms with Gasteiger partial charge < -0.3 is 36.2 Å². The minimum absolute atomic E-state index is 0.111. The average molecular weight is 931 g/mol. The molecule has 6 aromatic heterocycles. The summed E-state index contributed by atoms with van der Waals surface area (Å²) >= 11 is 2.77. The topological polar surface area (TPSA) is 232 Å². The van der Waals surface area contributed by atoms with Crippen LogP contribution in [0, 0.1) is 37.3 Å². The molecular weight excluding hydrogens is 879 g/mol. The van der Waals surface area contributed by atoms with Crippen LogP contribution in [0.25, 0.3) is 20.7 Å². The standard InChI is InChI=1S/C24H30FN7O3S.C19H22FN7OS/c1-13(16-8-17(25)11-26-10-16)28-22-30-18(19-20(31-22)29-14(2)36-19)21(33)32-7-6-15(12-32)9-27-23(34)35-24(3,4)5;1-10(13-5-14(20)8-22-7-13)23-19-25-15(16-17(26-19)24-11(2)29-16)18(28)27-4-3-12(6-21)9-27/h8,10-11,13,15H,6-7,9,12H2,1-5H3,(H,27,34)(H,28,30,31);5,7-8,10,12H,3-4,6,9,21H2,1-2H3,(H,23,25,26)/t13-,15-;10-,12-/m00/s1. The Kier molecular flexibility index (Phi) is 14.4. The second-order valence-corrected chi connectivity index (χ2v) is 19.5. The highest BCUT2D eigenvalue weighted by Gasteiger charge is 2.32. The fourth-order valence-electron chi connectivity index (χ4n) is 7.39. The summed E-state index contributed by atoms with van der Waals surface area (Å²) in [6, 6.07) is 2.15. The summed E-state index contributed by atoms with van der Waals surface area (Å²) < 4.78 is 33.7. The van der Waals surface area contributed by atoms with Gasteiger partial charge in [-0.25, -0.2) is 33.5 Å². The fourth-order valence-corrected chi connectivity index (χ4v) is 9.07. The highest BCUT2D eigenvalue weighted by atomic mass is 32.1. The van der Waals surface area contributed by atoms with Crippen molar-refractivity contribution >= 4 is 73.2 Å². The van der Waals surface area contributed by atoms with Crippen molar-refractivity contribution in [2.75, 3.05) is 49.9 Å². The molecule has 2 fully saturated rings. The average Bonchev–Trinajstić information content (AvgIpc) is 4.08. The van der Waals surface area contributed by atoms with Crippen molar-refractivity contribution in [2.45, 2.75) is 79.0 Å². The number of aryl methyl sites for hydroxylation is 2.